The van der Waals surface area contributed by atoms with E-state index in [0.29, 0.717) is 24.3 Å². The normalized spacial score (nSPS) is 27.4. The number of nitrogens with one attached hydrogen (secondary N) is 1. The van der Waals surface area contributed by atoms with Crippen LogP contribution in [0.1, 0.15) is 59.4 Å². The van der Waals surface area contributed by atoms with Gasteiger partial charge in [0.1, 0.15) is 23.5 Å². The van der Waals surface area contributed by atoms with Crippen LogP contribution in [0.5, 0.6) is 0 Å². The average molecular weight is 558 g/mol. The third-order valence-electron chi connectivity index (χ3n) is 8.41. The largest absolute Gasteiger partial charge is 0.444 e. The first-order valence-corrected chi connectivity index (χ1v) is 14.4. The molecule has 4 rings (SSSR count). The fourth-order valence-electron chi connectivity index (χ4n) is 6.61. The second-order valence-electron chi connectivity index (χ2n) is 12.6. The first-order valence-electron chi connectivity index (χ1n) is 14.4. The van der Waals surface area contributed by atoms with E-state index in [4.69, 9.17) is 9.47 Å². The zero-order chi connectivity index (χ0) is 29.2. The van der Waals surface area contributed by atoms with Gasteiger partial charge in [0.25, 0.3) is 0 Å². The van der Waals surface area contributed by atoms with Gasteiger partial charge in [0, 0.05) is 57.0 Å². The topological polar surface area (TPSA) is 98.1 Å². The van der Waals surface area contributed by atoms with Crippen molar-refractivity contribution >= 4 is 17.7 Å². The van der Waals surface area contributed by atoms with Crippen LogP contribution in [-0.2, 0) is 20.7 Å². The van der Waals surface area contributed by atoms with Crippen molar-refractivity contribution in [3.63, 3.8) is 0 Å². The van der Waals surface area contributed by atoms with Gasteiger partial charge < -0.3 is 19.7 Å². The number of piperidine rings is 1. The van der Waals surface area contributed by atoms with E-state index in [0.717, 1.165) is 44.6 Å². The summed E-state index contributed by atoms with van der Waals surface area (Å²) in [6, 6.07) is 6.19. The number of nitrogens with zero attached hydrogens (tertiary/aromatic N) is 4. The molecule has 1 saturated carbocycles. The number of carbonyl (C=O) groups excluding carboxylic acids is 2. The van der Waals surface area contributed by atoms with Gasteiger partial charge in [-0.05, 0) is 77.5 Å². The Bertz CT molecular complexity index is 1110. The lowest BCUT2D eigenvalue weighted by atomic mass is 9.97. The standard InChI is InChI=1S/C30H44FN5O4/c1-19-17-34(18-20(2)35(19)11-12-39-6)24-9-7-21(26(31)15-24)13-23(16-32)33-28(37)27-22-8-10-25(14-22)36(27)29(38)40-30(3,4)5/h7,9,15,19-20,22-23,25,27H,8,10-14,17-18H2,1-6H3,(H,33,37)/t19?,20?,22-,23-,25+,27-/m0/s1. The van der Waals surface area contributed by atoms with Crippen molar-refractivity contribution in [2.24, 2.45) is 5.92 Å². The lowest BCUT2D eigenvalue weighted by molar-refractivity contribution is -0.128. The first kappa shape index (κ1) is 30.1. The summed E-state index contributed by atoms with van der Waals surface area (Å²) in [7, 11) is 1.70. The molecule has 0 aromatic heterocycles. The molecule has 2 unspecified atom stereocenters. The van der Waals surface area contributed by atoms with Crippen LogP contribution in [-0.4, -0.2) is 91.0 Å². The lowest BCUT2D eigenvalue weighted by Gasteiger charge is -2.45. The molecule has 1 N–H and O–H groups in total. The van der Waals surface area contributed by atoms with Gasteiger partial charge in [0.15, 0.2) is 0 Å². The number of benzene rings is 1. The van der Waals surface area contributed by atoms with Crippen LogP contribution in [0, 0.1) is 23.1 Å². The summed E-state index contributed by atoms with van der Waals surface area (Å²) in [5.41, 5.74) is 0.498. The fraction of sp³-hybridized carbons (Fsp3) is 0.700. The van der Waals surface area contributed by atoms with Crippen molar-refractivity contribution in [1.29, 1.82) is 5.26 Å². The molecule has 0 radical (unpaired) electrons. The lowest BCUT2D eigenvalue weighted by Crippen LogP contribution is -2.57. The molecule has 9 nitrogen and oxygen atoms in total. The number of piperazine rings is 1. The van der Waals surface area contributed by atoms with E-state index >= 15 is 4.39 Å². The highest BCUT2D eigenvalue weighted by Gasteiger charge is 2.52. The van der Waals surface area contributed by atoms with E-state index in [1.165, 1.54) is 6.07 Å². The Kier molecular flexibility index (Phi) is 9.26. The molecule has 6 atom stereocenters. The third-order valence-corrected chi connectivity index (χ3v) is 8.41. The number of likely N-dealkylation sites (tertiary alicyclic amines) is 1. The molecule has 2 bridgehead atoms. The third kappa shape index (κ3) is 6.69. The Morgan fingerprint density at radius 3 is 2.50 bits per heavy atom. The number of methoxy groups -OCH3 is 1. The molecule has 2 amide bonds. The van der Waals surface area contributed by atoms with E-state index in [9.17, 15) is 14.9 Å². The Morgan fingerprint density at radius 1 is 1.20 bits per heavy atom. The molecule has 40 heavy (non-hydrogen) atoms. The number of nitriles is 1. The zero-order valence-electron chi connectivity index (χ0n) is 24.7. The quantitative estimate of drug-likeness (QED) is 0.520. The minimum atomic E-state index is -0.920. The predicted molar refractivity (Wildman–Crippen MR) is 150 cm³/mol. The maximum Gasteiger partial charge on any atom is 0.411 e. The van der Waals surface area contributed by atoms with Crippen LogP contribution >= 0.6 is 0 Å². The van der Waals surface area contributed by atoms with E-state index in [1.54, 1.807) is 38.8 Å². The summed E-state index contributed by atoms with van der Waals surface area (Å²) < 4.78 is 26.1. The van der Waals surface area contributed by atoms with Crippen molar-refractivity contribution in [1.82, 2.24) is 15.1 Å². The molecule has 1 aliphatic carbocycles. The first-order chi connectivity index (χ1) is 18.9. The molecule has 1 aromatic carbocycles. The number of anilines is 1. The minimum Gasteiger partial charge on any atom is -0.444 e. The molecule has 3 aliphatic rings. The van der Waals surface area contributed by atoms with Gasteiger partial charge in [-0.2, -0.15) is 5.26 Å². The highest BCUT2D eigenvalue weighted by Crippen LogP contribution is 2.43. The number of halogens is 1. The number of fused-ring (bicyclic) bond motifs is 2. The number of amides is 2. The predicted octanol–water partition coefficient (Wildman–Crippen LogP) is 3.71. The molecule has 2 aliphatic heterocycles. The van der Waals surface area contributed by atoms with Gasteiger partial charge in [-0.25, -0.2) is 9.18 Å². The molecule has 2 heterocycles. The molecular formula is C30H44FN5O4. The zero-order valence-corrected chi connectivity index (χ0v) is 24.7. The molecule has 1 aromatic rings. The van der Waals surface area contributed by atoms with E-state index < -0.39 is 29.6 Å². The Labute approximate surface area is 237 Å². The summed E-state index contributed by atoms with van der Waals surface area (Å²) in [6.45, 7) is 12.8. The van der Waals surface area contributed by atoms with Gasteiger partial charge in [0.05, 0.1) is 12.7 Å². The summed E-state index contributed by atoms with van der Waals surface area (Å²) in [4.78, 5) is 32.4. The number of hydrogen-bond acceptors (Lipinski definition) is 7. The van der Waals surface area contributed by atoms with Gasteiger partial charge in [0.2, 0.25) is 5.91 Å². The second kappa shape index (κ2) is 12.3. The monoisotopic (exact) mass is 557 g/mol. The SMILES string of the molecule is COCCN1C(C)CN(c2ccc(C[C@@H](C#N)NC(=O)[C@@H]3[C@H]4CC[C@H](C4)N3C(=O)OC(C)(C)C)c(F)c2)CC1C. The van der Waals surface area contributed by atoms with Gasteiger partial charge in [-0.1, -0.05) is 6.07 Å². The number of rotatable bonds is 8. The van der Waals surface area contributed by atoms with Crippen LogP contribution in [0.3, 0.4) is 0 Å². The van der Waals surface area contributed by atoms with E-state index in [-0.39, 0.29) is 24.3 Å². The molecule has 2 saturated heterocycles. The van der Waals surface area contributed by atoms with E-state index in [2.05, 4.69) is 35.0 Å². The number of carbonyl (C=O) groups is 2. The fourth-order valence-corrected chi connectivity index (χ4v) is 6.61. The summed E-state index contributed by atoms with van der Waals surface area (Å²) >= 11 is 0. The van der Waals surface area contributed by atoms with Crippen molar-refractivity contribution in [3.8, 4) is 6.07 Å². The average Bonchev–Trinajstić information content (AvgIpc) is 3.50. The van der Waals surface area contributed by atoms with Crippen LogP contribution < -0.4 is 10.2 Å². The Balaban J connectivity index is 1.40. The highest BCUT2D eigenvalue weighted by atomic mass is 19.1. The molecular weight excluding hydrogens is 513 g/mol. The van der Waals surface area contributed by atoms with Crippen molar-refractivity contribution < 1.29 is 23.5 Å². The number of ether oxygens (including phenoxy) is 2. The van der Waals surface area contributed by atoms with Gasteiger partial charge in [-0.3, -0.25) is 14.6 Å². The highest BCUT2D eigenvalue weighted by molar-refractivity contribution is 5.87. The summed E-state index contributed by atoms with van der Waals surface area (Å²) in [5, 5.41) is 12.6. The molecule has 10 heteroatoms. The maximum atomic E-state index is 15.3. The molecule has 220 valence electrons. The smallest absolute Gasteiger partial charge is 0.411 e. The maximum absolute atomic E-state index is 15.3. The second-order valence-corrected chi connectivity index (χ2v) is 12.6. The summed E-state index contributed by atoms with van der Waals surface area (Å²) in [6.07, 6.45) is 1.99. The van der Waals surface area contributed by atoms with Crippen molar-refractivity contribution in [2.75, 3.05) is 38.3 Å². The van der Waals surface area contributed by atoms with Crippen molar-refractivity contribution in [3.05, 3.63) is 29.6 Å². The molecule has 0 spiro atoms. The Morgan fingerprint density at radius 2 is 1.90 bits per heavy atom. The van der Waals surface area contributed by atoms with E-state index in [1.807, 2.05) is 6.07 Å². The number of hydrogen-bond donors (Lipinski definition) is 1. The van der Waals surface area contributed by atoms with Crippen LogP contribution in [0.2, 0.25) is 0 Å². The van der Waals surface area contributed by atoms with Crippen LogP contribution in [0.4, 0.5) is 14.9 Å². The van der Waals surface area contributed by atoms with Gasteiger partial charge in [-0.15, -0.1) is 0 Å². The molecule has 3 fully saturated rings. The van der Waals surface area contributed by atoms with Crippen LogP contribution in [0.25, 0.3) is 0 Å². The van der Waals surface area contributed by atoms with Crippen molar-refractivity contribution in [2.45, 2.75) is 96.1 Å². The van der Waals surface area contributed by atoms with Gasteiger partial charge >= 0.3 is 6.09 Å². The summed E-state index contributed by atoms with van der Waals surface area (Å²) in [5.74, 6) is -0.743. The minimum absolute atomic E-state index is 0.0339. The Hall–Kier alpha value is -2.90. The van der Waals surface area contributed by atoms with Crippen LogP contribution in [0.15, 0.2) is 18.2 Å².